The van der Waals surface area contributed by atoms with Crippen LogP contribution in [0, 0.1) is 0 Å². The molecule has 196 valence electrons. The minimum absolute atomic E-state index is 0.0321. The minimum atomic E-state index is -1.77. The summed E-state index contributed by atoms with van der Waals surface area (Å²) in [5.41, 5.74) is -0.383. The molecule has 1 aromatic heterocycles. The van der Waals surface area contributed by atoms with Crippen LogP contribution in [0.15, 0.2) is 70.3 Å². The fourth-order valence-electron chi connectivity index (χ4n) is 5.98. The van der Waals surface area contributed by atoms with Crippen molar-refractivity contribution in [3.05, 3.63) is 77.3 Å². The van der Waals surface area contributed by atoms with Gasteiger partial charge in [0, 0.05) is 43.7 Å². The fraction of sp³-hybridized carbons (Fsp3) is 0.345. The number of ketones is 1. The number of fused-ring (bicyclic) bond motifs is 3. The zero-order valence-corrected chi connectivity index (χ0v) is 21.2. The lowest BCUT2D eigenvalue weighted by atomic mass is 9.81. The van der Waals surface area contributed by atoms with Crippen LogP contribution in [0.2, 0.25) is 0 Å². The molecule has 3 aliphatic rings. The Labute approximate surface area is 219 Å². The number of anilines is 1. The summed E-state index contributed by atoms with van der Waals surface area (Å²) in [5.74, 6) is -2.57. The number of aliphatic hydroxyl groups excluding tert-OH is 1. The fourth-order valence-corrected chi connectivity index (χ4v) is 5.98. The monoisotopic (exact) mass is 515 g/mol. The number of likely N-dealkylation sites (N-methyl/N-ethyl adjacent to an activating group) is 1. The molecule has 4 heterocycles. The van der Waals surface area contributed by atoms with Crippen molar-refractivity contribution >= 4 is 34.3 Å². The lowest BCUT2D eigenvalue weighted by molar-refractivity contribution is -0.139. The van der Waals surface area contributed by atoms with Crippen molar-refractivity contribution in [3.8, 4) is 0 Å². The highest BCUT2D eigenvalue weighted by Gasteiger charge is 2.65. The molecule has 0 saturated carbocycles. The molecular formula is C29H29N3O6. The molecule has 3 aromatic rings. The first-order valence-electron chi connectivity index (χ1n) is 13.0. The van der Waals surface area contributed by atoms with Gasteiger partial charge in [0.05, 0.1) is 24.5 Å². The van der Waals surface area contributed by atoms with E-state index in [0.29, 0.717) is 54.9 Å². The SMILES string of the molecule is CCN1C(=O)[C@]2(C(C(=O)c3cc4ccccc4o3)=C(O)C(=O)N2CCCN2CCOCC2)c2ccccc21. The van der Waals surface area contributed by atoms with Crippen LogP contribution >= 0.6 is 0 Å². The zero-order valence-electron chi connectivity index (χ0n) is 21.2. The van der Waals surface area contributed by atoms with Crippen molar-refractivity contribution in [2.24, 2.45) is 0 Å². The van der Waals surface area contributed by atoms with Gasteiger partial charge in [-0.1, -0.05) is 36.4 Å². The summed E-state index contributed by atoms with van der Waals surface area (Å²) in [6, 6.07) is 15.9. The maximum atomic E-state index is 14.3. The number of hydrogen-bond donors (Lipinski definition) is 1. The van der Waals surface area contributed by atoms with Crippen LogP contribution < -0.4 is 4.90 Å². The van der Waals surface area contributed by atoms with E-state index in [4.69, 9.17) is 9.15 Å². The van der Waals surface area contributed by atoms with Crippen LogP contribution in [0.5, 0.6) is 0 Å². The van der Waals surface area contributed by atoms with Crippen molar-refractivity contribution in [3.63, 3.8) is 0 Å². The van der Waals surface area contributed by atoms with Gasteiger partial charge < -0.3 is 24.1 Å². The van der Waals surface area contributed by atoms with E-state index in [0.717, 1.165) is 13.1 Å². The quantitative estimate of drug-likeness (QED) is 0.482. The third kappa shape index (κ3) is 3.49. The molecule has 2 amide bonds. The number of hydrogen-bond acceptors (Lipinski definition) is 7. The summed E-state index contributed by atoms with van der Waals surface area (Å²) >= 11 is 0. The minimum Gasteiger partial charge on any atom is -0.503 e. The topological polar surface area (TPSA) is 104 Å². The first-order valence-corrected chi connectivity index (χ1v) is 13.0. The number of morpholine rings is 1. The second kappa shape index (κ2) is 9.41. The van der Waals surface area contributed by atoms with Gasteiger partial charge in [-0.3, -0.25) is 19.3 Å². The van der Waals surface area contributed by atoms with Gasteiger partial charge in [0.25, 0.3) is 11.8 Å². The molecule has 38 heavy (non-hydrogen) atoms. The molecule has 9 nitrogen and oxygen atoms in total. The van der Waals surface area contributed by atoms with Crippen LogP contribution in [0.3, 0.4) is 0 Å². The van der Waals surface area contributed by atoms with Gasteiger partial charge >= 0.3 is 0 Å². The van der Waals surface area contributed by atoms with Gasteiger partial charge in [0.1, 0.15) is 5.58 Å². The average molecular weight is 516 g/mol. The van der Waals surface area contributed by atoms with E-state index >= 15 is 0 Å². The Kier molecular flexibility index (Phi) is 6.04. The molecule has 1 saturated heterocycles. The van der Waals surface area contributed by atoms with E-state index in [1.807, 2.05) is 25.1 Å². The number of ether oxygens (including phenoxy) is 1. The number of furan rings is 1. The molecule has 1 spiro atoms. The Hall–Kier alpha value is -3.95. The molecular weight excluding hydrogens is 486 g/mol. The number of carbonyl (C=O) groups is 3. The highest BCUT2D eigenvalue weighted by Crippen LogP contribution is 2.53. The van der Waals surface area contributed by atoms with E-state index in [2.05, 4.69) is 4.90 Å². The summed E-state index contributed by atoms with van der Waals surface area (Å²) in [6.45, 7) is 5.98. The molecule has 1 fully saturated rings. The predicted octanol–water partition coefficient (Wildman–Crippen LogP) is 3.25. The predicted molar refractivity (Wildman–Crippen MR) is 140 cm³/mol. The molecule has 1 N–H and O–H groups in total. The highest BCUT2D eigenvalue weighted by atomic mass is 16.5. The van der Waals surface area contributed by atoms with Crippen molar-refractivity contribution in [2.75, 3.05) is 50.8 Å². The summed E-state index contributed by atoms with van der Waals surface area (Å²) in [4.78, 5) is 47.2. The van der Waals surface area contributed by atoms with Crippen molar-refractivity contribution < 1.29 is 28.6 Å². The van der Waals surface area contributed by atoms with Crippen LogP contribution in [0.25, 0.3) is 11.0 Å². The molecule has 2 aromatic carbocycles. The maximum Gasteiger partial charge on any atom is 0.290 e. The molecule has 3 aliphatic heterocycles. The number of benzene rings is 2. The van der Waals surface area contributed by atoms with E-state index in [-0.39, 0.29) is 17.9 Å². The lowest BCUT2D eigenvalue weighted by Gasteiger charge is -2.36. The highest BCUT2D eigenvalue weighted by molar-refractivity contribution is 6.26. The van der Waals surface area contributed by atoms with Crippen molar-refractivity contribution in [1.29, 1.82) is 0 Å². The molecule has 1 atom stereocenters. The number of Topliss-reactive ketones (excluding diaryl/α,β-unsaturated/α-hetero) is 1. The molecule has 0 aliphatic carbocycles. The van der Waals surface area contributed by atoms with E-state index in [9.17, 15) is 19.5 Å². The van der Waals surface area contributed by atoms with Gasteiger partial charge in [0.2, 0.25) is 5.78 Å². The standard InChI is InChI=1S/C29H29N3O6/c1-2-31-21-10-5-4-9-20(21)29(28(31)36)24(25(33)23-18-19-8-3-6-11-22(19)38-23)26(34)27(35)32(29)13-7-12-30-14-16-37-17-15-30/h3-6,8-11,18,34H,2,7,12-17H2,1H3/t29-/m1/s1. The number of rotatable bonds is 7. The third-order valence-electron chi connectivity index (χ3n) is 7.74. The molecule has 6 rings (SSSR count). The van der Waals surface area contributed by atoms with Gasteiger partial charge in [-0.05, 0) is 31.5 Å². The third-order valence-corrected chi connectivity index (χ3v) is 7.74. The zero-order chi connectivity index (χ0) is 26.4. The average Bonchev–Trinajstić information content (AvgIpc) is 3.55. The summed E-state index contributed by atoms with van der Waals surface area (Å²) in [6.07, 6.45) is 0.564. The Morgan fingerprint density at radius 1 is 1.03 bits per heavy atom. The van der Waals surface area contributed by atoms with Gasteiger partial charge in [0.15, 0.2) is 17.1 Å². The van der Waals surface area contributed by atoms with E-state index in [1.54, 1.807) is 41.3 Å². The number of nitrogens with zero attached hydrogens (tertiary/aromatic N) is 3. The number of aliphatic hydroxyl groups is 1. The van der Waals surface area contributed by atoms with Gasteiger partial charge in [-0.25, -0.2) is 0 Å². The second-order valence-corrected chi connectivity index (χ2v) is 9.74. The van der Waals surface area contributed by atoms with E-state index < -0.39 is 28.9 Å². The van der Waals surface area contributed by atoms with Gasteiger partial charge in [-0.2, -0.15) is 0 Å². The Balaban J connectivity index is 1.45. The van der Waals surface area contributed by atoms with Crippen LogP contribution in [0.4, 0.5) is 5.69 Å². The number of carbonyl (C=O) groups excluding carboxylic acids is 3. The second-order valence-electron chi connectivity index (χ2n) is 9.74. The number of para-hydroxylation sites is 2. The summed E-state index contributed by atoms with van der Waals surface area (Å²) in [7, 11) is 0. The summed E-state index contributed by atoms with van der Waals surface area (Å²) in [5, 5.41) is 12.0. The van der Waals surface area contributed by atoms with Gasteiger partial charge in [-0.15, -0.1) is 0 Å². The smallest absolute Gasteiger partial charge is 0.290 e. The van der Waals surface area contributed by atoms with Crippen LogP contribution in [-0.2, 0) is 19.9 Å². The number of amides is 2. The molecule has 0 unspecified atom stereocenters. The normalized spacial score (nSPS) is 21.8. The largest absolute Gasteiger partial charge is 0.503 e. The first kappa shape index (κ1) is 24.4. The molecule has 9 heteroatoms. The molecule has 0 radical (unpaired) electrons. The Morgan fingerprint density at radius 2 is 1.76 bits per heavy atom. The Morgan fingerprint density at radius 3 is 2.53 bits per heavy atom. The lowest BCUT2D eigenvalue weighted by Crippen LogP contribution is -2.54. The van der Waals surface area contributed by atoms with Crippen LogP contribution in [0.1, 0.15) is 29.5 Å². The first-order chi connectivity index (χ1) is 18.5. The maximum absolute atomic E-state index is 14.3. The van der Waals surface area contributed by atoms with Crippen molar-refractivity contribution in [2.45, 2.75) is 18.9 Å². The van der Waals surface area contributed by atoms with E-state index in [1.165, 1.54) is 4.90 Å². The molecule has 0 bridgehead atoms. The summed E-state index contributed by atoms with van der Waals surface area (Å²) < 4.78 is 11.3. The van der Waals surface area contributed by atoms with Crippen LogP contribution in [-0.4, -0.2) is 78.4 Å². The Bertz CT molecular complexity index is 1440. The van der Waals surface area contributed by atoms with Crippen molar-refractivity contribution in [1.82, 2.24) is 9.80 Å².